The van der Waals surface area contributed by atoms with E-state index >= 15 is 0 Å². The molecule has 2 aliphatic rings. The highest BCUT2D eigenvalue weighted by atomic mass is 16.5. The maximum absolute atomic E-state index is 13.0. The van der Waals surface area contributed by atoms with E-state index in [1.165, 1.54) is 5.69 Å². The van der Waals surface area contributed by atoms with Gasteiger partial charge in [-0.3, -0.25) is 9.48 Å². The number of hydrogen-bond acceptors (Lipinski definition) is 4. The summed E-state index contributed by atoms with van der Waals surface area (Å²) in [5.41, 5.74) is 2.77. The molecule has 1 amide bonds. The number of nitrogens with zero attached hydrogens (tertiary/aromatic N) is 4. The average Bonchev–Trinajstić information content (AvgIpc) is 3.32. The molecule has 2 saturated heterocycles. The zero-order valence-corrected chi connectivity index (χ0v) is 18.0. The van der Waals surface area contributed by atoms with Crippen LogP contribution < -0.4 is 4.90 Å². The van der Waals surface area contributed by atoms with Crippen molar-refractivity contribution in [3.8, 4) is 0 Å². The Morgan fingerprint density at radius 1 is 1.24 bits per heavy atom. The molecule has 1 unspecified atom stereocenters. The van der Waals surface area contributed by atoms with Crippen LogP contribution in [-0.4, -0.2) is 59.0 Å². The molecule has 1 aromatic carbocycles. The number of anilines is 1. The Hall–Kier alpha value is -2.34. The molecular weight excluding hydrogens is 364 g/mol. The summed E-state index contributed by atoms with van der Waals surface area (Å²) in [7, 11) is 4.00. The van der Waals surface area contributed by atoms with Crippen molar-refractivity contribution in [1.29, 1.82) is 0 Å². The molecular formula is C23H32N4O2. The van der Waals surface area contributed by atoms with E-state index in [1.54, 1.807) is 4.68 Å². The van der Waals surface area contributed by atoms with Gasteiger partial charge < -0.3 is 14.5 Å². The standard InChI is InChI=1S/C23H32N4O2/c1-17(2)20-14-21(26(4)24-20)22(28)27-12-10-23(11-13-27)15-19(16-29-23)25(3)18-8-6-5-7-9-18/h5-9,14,17,19H,10-13,15-16H2,1-4H3. The van der Waals surface area contributed by atoms with E-state index in [9.17, 15) is 4.79 Å². The van der Waals surface area contributed by atoms with Crippen molar-refractivity contribution < 1.29 is 9.53 Å². The van der Waals surface area contributed by atoms with Crippen molar-refractivity contribution in [2.45, 2.75) is 50.7 Å². The van der Waals surface area contributed by atoms with Crippen LogP contribution in [0.2, 0.25) is 0 Å². The highest BCUT2D eigenvalue weighted by molar-refractivity contribution is 5.92. The van der Waals surface area contributed by atoms with Crippen LogP contribution in [-0.2, 0) is 11.8 Å². The predicted molar refractivity (Wildman–Crippen MR) is 114 cm³/mol. The Bertz CT molecular complexity index is 853. The van der Waals surface area contributed by atoms with Crippen molar-refractivity contribution in [3.05, 3.63) is 47.8 Å². The van der Waals surface area contributed by atoms with Gasteiger partial charge in [0.2, 0.25) is 0 Å². The second kappa shape index (κ2) is 7.82. The molecule has 0 saturated carbocycles. The minimum atomic E-state index is -0.0972. The van der Waals surface area contributed by atoms with Gasteiger partial charge in [-0.1, -0.05) is 32.0 Å². The molecule has 1 spiro atoms. The summed E-state index contributed by atoms with van der Waals surface area (Å²) < 4.78 is 8.05. The smallest absolute Gasteiger partial charge is 0.272 e. The third-order valence-electron chi connectivity index (χ3n) is 6.57. The van der Waals surface area contributed by atoms with Crippen LogP contribution in [0.3, 0.4) is 0 Å². The fourth-order valence-corrected chi connectivity index (χ4v) is 4.54. The largest absolute Gasteiger partial charge is 0.373 e. The summed E-state index contributed by atoms with van der Waals surface area (Å²) in [6.45, 7) is 6.42. The number of rotatable bonds is 4. The molecule has 156 valence electrons. The number of aromatic nitrogens is 2. The van der Waals surface area contributed by atoms with E-state index in [4.69, 9.17) is 4.74 Å². The lowest BCUT2D eigenvalue weighted by molar-refractivity contribution is -0.0390. The number of para-hydroxylation sites is 1. The first-order chi connectivity index (χ1) is 13.9. The minimum absolute atomic E-state index is 0.0812. The zero-order chi connectivity index (χ0) is 20.6. The van der Waals surface area contributed by atoms with Crippen molar-refractivity contribution in [1.82, 2.24) is 14.7 Å². The monoisotopic (exact) mass is 396 g/mol. The Kier molecular flexibility index (Phi) is 5.38. The van der Waals surface area contributed by atoms with Crippen LogP contribution in [0.4, 0.5) is 5.69 Å². The number of likely N-dealkylation sites (tertiary alicyclic amines) is 1. The summed E-state index contributed by atoms with van der Waals surface area (Å²) >= 11 is 0. The Morgan fingerprint density at radius 3 is 2.55 bits per heavy atom. The fraction of sp³-hybridized carbons (Fsp3) is 0.565. The lowest BCUT2D eigenvalue weighted by Gasteiger charge is -2.39. The van der Waals surface area contributed by atoms with E-state index in [0.717, 1.165) is 44.7 Å². The average molecular weight is 397 g/mol. The Balaban J connectivity index is 1.38. The van der Waals surface area contributed by atoms with E-state index in [-0.39, 0.29) is 11.5 Å². The molecule has 2 fully saturated rings. The van der Waals surface area contributed by atoms with E-state index in [1.807, 2.05) is 24.1 Å². The van der Waals surface area contributed by atoms with Crippen molar-refractivity contribution >= 4 is 11.6 Å². The zero-order valence-electron chi connectivity index (χ0n) is 18.0. The number of ether oxygens (including phenoxy) is 1. The lowest BCUT2D eigenvalue weighted by atomic mass is 9.87. The van der Waals surface area contributed by atoms with Crippen LogP contribution in [0.25, 0.3) is 0 Å². The number of carbonyl (C=O) groups is 1. The summed E-state index contributed by atoms with van der Waals surface area (Å²) in [5, 5.41) is 4.49. The normalized spacial score (nSPS) is 21.1. The summed E-state index contributed by atoms with van der Waals surface area (Å²) in [5.74, 6) is 0.399. The van der Waals surface area contributed by atoms with E-state index < -0.39 is 0 Å². The van der Waals surface area contributed by atoms with E-state index in [2.05, 4.69) is 55.2 Å². The van der Waals surface area contributed by atoms with Gasteiger partial charge in [-0.2, -0.15) is 5.10 Å². The molecule has 2 aliphatic heterocycles. The number of aryl methyl sites for hydroxylation is 1. The summed E-state index contributed by atoms with van der Waals surface area (Å²) in [4.78, 5) is 17.3. The summed E-state index contributed by atoms with van der Waals surface area (Å²) in [6, 6.07) is 12.8. The third kappa shape index (κ3) is 3.90. The molecule has 29 heavy (non-hydrogen) atoms. The van der Waals surface area contributed by atoms with Crippen molar-refractivity contribution in [3.63, 3.8) is 0 Å². The second-order valence-corrected chi connectivity index (χ2v) is 8.82. The minimum Gasteiger partial charge on any atom is -0.373 e. The van der Waals surface area contributed by atoms with Crippen LogP contribution in [0.1, 0.15) is 55.2 Å². The lowest BCUT2D eigenvalue weighted by Crippen LogP contribution is -2.47. The van der Waals surface area contributed by atoms with Crippen LogP contribution >= 0.6 is 0 Å². The molecule has 0 N–H and O–H groups in total. The number of piperidine rings is 1. The van der Waals surface area contributed by atoms with Gasteiger partial charge in [0.05, 0.1) is 23.9 Å². The van der Waals surface area contributed by atoms with Crippen molar-refractivity contribution in [2.24, 2.45) is 7.05 Å². The molecule has 0 aliphatic carbocycles. The highest BCUT2D eigenvalue weighted by Crippen LogP contribution is 2.38. The molecule has 6 heteroatoms. The molecule has 1 aromatic heterocycles. The topological polar surface area (TPSA) is 50.6 Å². The van der Waals surface area contributed by atoms with Gasteiger partial charge >= 0.3 is 0 Å². The number of amides is 1. The van der Waals surface area contributed by atoms with Gasteiger partial charge in [0, 0.05) is 32.9 Å². The van der Waals surface area contributed by atoms with Gasteiger partial charge in [-0.05, 0) is 43.4 Å². The Morgan fingerprint density at radius 2 is 1.93 bits per heavy atom. The van der Waals surface area contributed by atoms with E-state index in [0.29, 0.717) is 17.7 Å². The first-order valence-corrected chi connectivity index (χ1v) is 10.6. The number of carbonyl (C=O) groups excluding carboxylic acids is 1. The van der Waals surface area contributed by atoms with Crippen molar-refractivity contribution in [2.75, 3.05) is 31.6 Å². The maximum Gasteiger partial charge on any atom is 0.272 e. The fourth-order valence-electron chi connectivity index (χ4n) is 4.54. The van der Waals surface area contributed by atoms with Gasteiger partial charge in [0.15, 0.2) is 0 Å². The first-order valence-electron chi connectivity index (χ1n) is 10.6. The quantitative estimate of drug-likeness (QED) is 0.794. The summed E-state index contributed by atoms with van der Waals surface area (Å²) in [6.07, 6.45) is 2.81. The SMILES string of the molecule is CC(C)c1cc(C(=O)N2CCC3(CC2)CC(N(C)c2ccccc2)CO3)n(C)n1. The third-order valence-corrected chi connectivity index (χ3v) is 6.57. The first kappa shape index (κ1) is 20.0. The highest BCUT2D eigenvalue weighted by Gasteiger charge is 2.44. The number of hydrogen-bond donors (Lipinski definition) is 0. The molecule has 0 bridgehead atoms. The van der Waals surface area contributed by atoms with Gasteiger partial charge in [-0.25, -0.2) is 0 Å². The van der Waals surface area contributed by atoms with Crippen LogP contribution in [0, 0.1) is 0 Å². The molecule has 1 atom stereocenters. The number of benzene rings is 1. The molecule has 6 nitrogen and oxygen atoms in total. The number of likely N-dealkylation sites (N-methyl/N-ethyl adjacent to an activating group) is 1. The second-order valence-electron chi connectivity index (χ2n) is 8.82. The van der Waals surface area contributed by atoms with Gasteiger partial charge in [0.25, 0.3) is 5.91 Å². The van der Waals surface area contributed by atoms with Crippen LogP contribution in [0.5, 0.6) is 0 Å². The molecule has 2 aromatic rings. The molecule has 3 heterocycles. The van der Waals surface area contributed by atoms with Gasteiger partial charge in [0.1, 0.15) is 5.69 Å². The molecule has 0 radical (unpaired) electrons. The van der Waals surface area contributed by atoms with Crippen LogP contribution in [0.15, 0.2) is 36.4 Å². The predicted octanol–water partition coefficient (Wildman–Crippen LogP) is 3.44. The van der Waals surface area contributed by atoms with Gasteiger partial charge in [-0.15, -0.1) is 0 Å². The molecule has 4 rings (SSSR count). The Labute approximate surface area is 173 Å². The maximum atomic E-state index is 13.0.